The Morgan fingerprint density at radius 1 is 0.939 bits per heavy atom. The van der Waals surface area contributed by atoms with Gasteiger partial charge < -0.3 is 34.1 Å². The molecule has 1 aliphatic rings. The first-order chi connectivity index (χ1) is 16.0. The van der Waals surface area contributed by atoms with Gasteiger partial charge in [-0.05, 0) is 69.8 Å². The lowest BCUT2D eigenvalue weighted by Gasteiger charge is -2.31. The Morgan fingerprint density at radius 2 is 1.73 bits per heavy atom. The molecule has 1 aliphatic heterocycles. The second-order valence-corrected chi connectivity index (χ2v) is 8.82. The topological polar surface area (TPSA) is 135 Å². The van der Waals surface area contributed by atoms with Crippen LogP contribution in [0.1, 0.15) is 77.0 Å². The first kappa shape index (κ1) is 29.0. The summed E-state index contributed by atoms with van der Waals surface area (Å²) in [6, 6.07) is 0. The summed E-state index contributed by atoms with van der Waals surface area (Å²) in [6.45, 7) is 0. The quantitative estimate of drug-likeness (QED) is 0.168. The van der Waals surface area contributed by atoms with Gasteiger partial charge in [0.15, 0.2) is 6.29 Å². The van der Waals surface area contributed by atoms with Crippen LogP contribution in [-0.2, 0) is 28.7 Å². The fourth-order valence-corrected chi connectivity index (χ4v) is 4.23. The number of aldehydes is 5. The number of rotatable bonds is 19. The highest BCUT2D eigenvalue weighted by molar-refractivity contribution is 5.73. The highest BCUT2D eigenvalue weighted by Gasteiger charge is 2.30. The van der Waals surface area contributed by atoms with Crippen LogP contribution < -0.4 is 0 Å². The number of ether oxygens (including phenoxy) is 1. The van der Waals surface area contributed by atoms with Crippen LogP contribution in [0.5, 0.6) is 0 Å². The number of hydrogen-bond donors (Lipinski definition) is 2. The van der Waals surface area contributed by atoms with Crippen LogP contribution in [0.25, 0.3) is 0 Å². The number of aliphatic hydroxyl groups is 2. The van der Waals surface area contributed by atoms with Crippen molar-refractivity contribution in [1.82, 2.24) is 0 Å². The lowest BCUT2D eigenvalue weighted by molar-refractivity contribution is -0.178. The molecule has 186 valence electrons. The van der Waals surface area contributed by atoms with E-state index in [1.165, 1.54) is 0 Å². The third kappa shape index (κ3) is 11.6. The zero-order valence-corrected chi connectivity index (χ0v) is 19.3. The minimum Gasteiger partial charge on any atom is -0.392 e. The second kappa shape index (κ2) is 17.4. The van der Waals surface area contributed by atoms with E-state index in [9.17, 15) is 34.2 Å². The maximum atomic E-state index is 11.5. The van der Waals surface area contributed by atoms with Gasteiger partial charge in [-0.3, -0.25) is 4.79 Å². The van der Waals surface area contributed by atoms with Gasteiger partial charge in [0.05, 0.1) is 12.2 Å². The van der Waals surface area contributed by atoms with E-state index in [0.717, 1.165) is 31.6 Å². The van der Waals surface area contributed by atoms with Crippen LogP contribution in [0.4, 0.5) is 0 Å². The molecular formula is C25H38O8. The van der Waals surface area contributed by atoms with Gasteiger partial charge in [-0.2, -0.15) is 0 Å². The normalized spacial score (nSPS) is 22.5. The highest BCUT2D eigenvalue weighted by Crippen LogP contribution is 2.28. The molecule has 0 amide bonds. The van der Waals surface area contributed by atoms with Crippen molar-refractivity contribution in [2.45, 2.75) is 95.5 Å². The van der Waals surface area contributed by atoms with Crippen molar-refractivity contribution in [1.29, 1.82) is 0 Å². The molecule has 8 heteroatoms. The van der Waals surface area contributed by atoms with Crippen molar-refractivity contribution < 1.29 is 38.9 Å². The number of unbranched alkanes of at least 4 members (excludes halogenated alkanes) is 2. The van der Waals surface area contributed by atoms with E-state index in [-0.39, 0.29) is 12.3 Å². The monoisotopic (exact) mass is 466 g/mol. The average Bonchev–Trinajstić information content (AvgIpc) is 2.83. The molecule has 1 rings (SSSR count). The van der Waals surface area contributed by atoms with Crippen molar-refractivity contribution in [2.24, 2.45) is 17.8 Å². The molecule has 1 heterocycles. The van der Waals surface area contributed by atoms with E-state index in [2.05, 4.69) is 0 Å². The molecule has 0 aromatic heterocycles. The Morgan fingerprint density at radius 3 is 2.33 bits per heavy atom. The number of allylic oxidation sites excluding steroid dienone is 2. The molecule has 0 spiro atoms. The predicted octanol–water partition coefficient (Wildman–Crippen LogP) is 2.52. The smallest absolute Gasteiger partial charge is 0.154 e. The van der Waals surface area contributed by atoms with Crippen molar-refractivity contribution in [2.75, 3.05) is 0 Å². The summed E-state index contributed by atoms with van der Waals surface area (Å²) in [5.74, 6) is -1.44. The van der Waals surface area contributed by atoms with Crippen molar-refractivity contribution in [3.05, 3.63) is 11.6 Å². The number of carbonyl (C=O) groups excluding carboxylic acids is 5. The van der Waals surface area contributed by atoms with E-state index in [0.29, 0.717) is 76.1 Å². The molecule has 6 atom stereocenters. The molecule has 6 unspecified atom stereocenters. The average molecular weight is 467 g/mol. The van der Waals surface area contributed by atoms with Crippen LogP contribution >= 0.6 is 0 Å². The number of carbonyl (C=O) groups is 5. The number of hydrogen-bond acceptors (Lipinski definition) is 8. The SMILES string of the molecule is O=CCCC/C=C(/C=O)CCC(O)C(C=O)CCCC(C=O)CC(C=O)C1CCCC(O)O1. The Balaban J connectivity index is 2.45. The van der Waals surface area contributed by atoms with Crippen LogP contribution in [0.2, 0.25) is 0 Å². The highest BCUT2D eigenvalue weighted by atomic mass is 16.6. The second-order valence-electron chi connectivity index (χ2n) is 8.82. The van der Waals surface area contributed by atoms with Gasteiger partial charge in [0.1, 0.15) is 31.4 Å². The minimum atomic E-state index is -0.893. The molecule has 0 bridgehead atoms. The van der Waals surface area contributed by atoms with Gasteiger partial charge in [0.2, 0.25) is 0 Å². The zero-order valence-electron chi connectivity index (χ0n) is 19.3. The third-order valence-electron chi connectivity index (χ3n) is 6.29. The maximum Gasteiger partial charge on any atom is 0.154 e. The molecule has 0 aliphatic carbocycles. The van der Waals surface area contributed by atoms with Gasteiger partial charge in [-0.1, -0.05) is 12.5 Å². The van der Waals surface area contributed by atoms with Crippen LogP contribution in [0.15, 0.2) is 11.6 Å². The Labute approximate surface area is 195 Å². The van der Waals surface area contributed by atoms with E-state index < -0.39 is 30.3 Å². The summed E-state index contributed by atoms with van der Waals surface area (Å²) in [6.07, 6.45) is 9.51. The molecule has 0 aromatic carbocycles. The van der Waals surface area contributed by atoms with E-state index >= 15 is 0 Å². The predicted molar refractivity (Wildman–Crippen MR) is 121 cm³/mol. The lowest BCUT2D eigenvalue weighted by atomic mass is 9.85. The van der Waals surface area contributed by atoms with E-state index in [1.807, 2.05) is 0 Å². The first-order valence-corrected chi connectivity index (χ1v) is 11.9. The standard InChI is InChI=1S/C25H38O8/c26-13-3-1-2-6-19(15-27)11-12-23(31)21(17-29)8-4-7-20(16-28)14-22(18-30)24-9-5-10-25(32)33-24/h6,13,15-18,20-25,31-32H,1-5,7-12,14H2/b19-6+. The van der Waals surface area contributed by atoms with Gasteiger partial charge in [0, 0.05) is 24.2 Å². The molecule has 33 heavy (non-hydrogen) atoms. The zero-order chi connectivity index (χ0) is 24.5. The van der Waals surface area contributed by atoms with E-state index in [4.69, 9.17) is 4.74 Å². The Kier molecular flexibility index (Phi) is 15.3. The minimum absolute atomic E-state index is 0.271. The number of aliphatic hydroxyl groups excluding tert-OH is 2. The fraction of sp³-hybridized carbons (Fsp3) is 0.720. The molecule has 0 saturated carbocycles. The molecule has 1 fully saturated rings. The summed E-state index contributed by atoms with van der Waals surface area (Å²) in [5.41, 5.74) is 0.542. The molecule has 0 radical (unpaired) electrons. The fourth-order valence-electron chi connectivity index (χ4n) is 4.23. The molecule has 0 aromatic rings. The Bertz CT molecular complexity index is 632. The summed E-state index contributed by atoms with van der Waals surface area (Å²) < 4.78 is 5.45. The van der Waals surface area contributed by atoms with Gasteiger partial charge in [0.25, 0.3) is 0 Å². The summed E-state index contributed by atoms with van der Waals surface area (Å²) in [7, 11) is 0. The van der Waals surface area contributed by atoms with Crippen LogP contribution in [0.3, 0.4) is 0 Å². The summed E-state index contributed by atoms with van der Waals surface area (Å²) in [4.78, 5) is 56.1. The maximum absolute atomic E-state index is 11.5. The lowest BCUT2D eigenvalue weighted by Crippen LogP contribution is -2.35. The molecule has 2 N–H and O–H groups in total. The summed E-state index contributed by atoms with van der Waals surface area (Å²) >= 11 is 0. The third-order valence-corrected chi connectivity index (χ3v) is 6.29. The summed E-state index contributed by atoms with van der Waals surface area (Å²) in [5, 5.41) is 20.0. The van der Waals surface area contributed by atoms with Gasteiger partial charge in [-0.25, -0.2) is 0 Å². The van der Waals surface area contributed by atoms with Crippen molar-refractivity contribution in [3.63, 3.8) is 0 Å². The van der Waals surface area contributed by atoms with Gasteiger partial charge >= 0.3 is 0 Å². The van der Waals surface area contributed by atoms with E-state index in [1.54, 1.807) is 6.08 Å². The largest absolute Gasteiger partial charge is 0.392 e. The van der Waals surface area contributed by atoms with Crippen LogP contribution in [-0.4, -0.2) is 60.1 Å². The first-order valence-electron chi connectivity index (χ1n) is 11.9. The Hall–Kier alpha value is -2.03. The van der Waals surface area contributed by atoms with Crippen molar-refractivity contribution >= 4 is 31.4 Å². The van der Waals surface area contributed by atoms with Gasteiger partial charge in [-0.15, -0.1) is 0 Å². The van der Waals surface area contributed by atoms with Crippen LogP contribution in [0, 0.1) is 17.8 Å². The molecular weight excluding hydrogens is 428 g/mol. The molecule has 1 saturated heterocycles. The van der Waals surface area contributed by atoms with Crippen molar-refractivity contribution in [3.8, 4) is 0 Å². The molecule has 8 nitrogen and oxygen atoms in total.